The molecule has 0 aromatic heterocycles. The summed E-state index contributed by atoms with van der Waals surface area (Å²) < 4.78 is 37.1. The second kappa shape index (κ2) is 9.78. The number of methoxy groups -OCH3 is 2. The van der Waals surface area contributed by atoms with E-state index in [9.17, 15) is 8.42 Å². The lowest BCUT2D eigenvalue weighted by Gasteiger charge is -2.12. The van der Waals surface area contributed by atoms with E-state index in [1.54, 1.807) is 14.2 Å². The molecule has 0 amide bonds. The van der Waals surface area contributed by atoms with Crippen LogP contribution in [0.2, 0.25) is 0 Å². The van der Waals surface area contributed by atoms with Gasteiger partial charge in [-0.1, -0.05) is 19.3 Å². The van der Waals surface area contributed by atoms with E-state index in [0.717, 1.165) is 61.8 Å². The van der Waals surface area contributed by atoms with E-state index in [1.165, 1.54) is 5.56 Å². The Morgan fingerprint density at radius 1 is 0.913 bits per heavy atom. The third-order valence-corrected chi connectivity index (χ3v) is 4.31. The van der Waals surface area contributed by atoms with Crippen molar-refractivity contribution >= 4 is 10.1 Å². The quantitative estimate of drug-likeness (QED) is 0.454. The van der Waals surface area contributed by atoms with Crippen molar-refractivity contribution in [2.45, 2.75) is 45.4 Å². The molecule has 0 heterocycles. The van der Waals surface area contributed by atoms with Gasteiger partial charge in [-0.25, -0.2) is 0 Å². The van der Waals surface area contributed by atoms with Crippen molar-refractivity contribution in [3.05, 3.63) is 23.3 Å². The molecule has 1 aromatic carbocycles. The predicted molar refractivity (Wildman–Crippen MR) is 91.9 cm³/mol. The maximum absolute atomic E-state index is 10.8. The molecule has 0 aliphatic rings. The number of ether oxygens (including phenoxy) is 2. The lowest BCUT2D eigenvalue weighted by atomic mass is 10.0. The van der Waals surface area contributed by atoms with Gasteiger partial charge in [0.1, 0.15) is 11.5 Å². The van der Waals surface area contributed by atoms with E-state index < -0.39 is 10.1 Å². The van der Waals surface area contributed by atoms with Crippen LogP contribution in [0.4, 0.5) is 0 Å². The minimum absolute atomic E-state index is 0.283. The highest BCUT2D eigenvalue weighted by Crippen LogP contribution is 2.30. The van der Waals surface area contributed by atoms with Crippen LogP contribution < -0.4 is 9.47 Å². The van der Waals surface area contributed by atoms with E-state index in [-0.39, 0.29) is 6.61 Å². The molecule has 0 aliphatic heterocycles. The standard InChI is InChI=1S/C17H28O5S/c1-14-16(20-2)12-15(13-17(14)21-3)10-8-6-5-7-9-11-22-23(4,18)19/h12-13H,5-11H2,1-4H3. The maximum atomic E-state index is 10.8. The predicted octanol–water partition coefficient (Wildman–Crippen LogP) is 3.48. The second-order valence-corrected chi connectivity index (χ2v) is 7.31. The molecule has 0 atom stereocenters. The van der Waals surface area contributed by atoms with Crippen molar-refractivity contribution in [2.75, 3.05) is 27.1 Å². The summed E-state index contributed by atoms with van der Waals surface area (Å²) in [5.74, 6) is 1.72. The zero-order valence-corrected chi connectivity index (χ0v) is 15.4. The Balaban J connectivity index is 2.28. The summed E-state index contributed by atoms with van der Waals surface area (Å²) in [5, 5.41) is 0. The number of aryl methyl sites for hydroxylation is 1. The zero-order valence-electron chi connectivity index (χ0n) is 14.6. The SMILES string of the molecule is COc1cc(CCCCCCCOS(C)(=O)=O)cc(OC)c1C. The Labute approximate surface area is 140 Å². The Hall–Kier alpha value is -1.27. The minimum atomic E-state index is -3.30. The number of unbranched alkanes of at least 4 members (excludes halogenated alkanes) is 4. The summed E-state index contributed by atoms with van der Waals surface area (Å²) in [7, 11) is 0.0434. The van der Waals surface area contributed by atoms with Gasteiger partial charge in [0, 0.05) is 5.56 Å². The molecule has 23 heavy (non-hydrogen) atoms. The maximum Gasteiger partial charge on any atom is 0.264 e. The molecule has 0 bridgehead atoms. The number of hydrogen-bond acceptors (Lipinski definition) is 5. The fraction of sp³-hybridized carbons (Fsp3) is 0.647. The summed E-state index contributed by atoms with van der Waals surface area (Å²) in [6.07, 6.45) is 7.09. The van der Waals surface area contributed by atoms with Crippen LogP contribution in [-0.2, 0) is 20.7 Å². The Morgan fingerprint density at radius 3 is 1.96 bits per heavy atom. The van der Waals surface area contributed by atoms with E-state index in [0.29, 0.717) is 0 Å². The van der Waals surface area contributed by atoms with Crippen LogP contribution in [0.25, 0.3) is 0 Å². The second-order valence-electron chi connectivity index (χ2n) is 5.67. The highest BCUT2D eigenvalue weighted by Gasteiger charge is 2.08. The van der Waals surface area contributed by atoms with Crippen molar-refractivity contribution in [1.29, 1.82) is 0 Å². The molecule has 0 aliphatic carbocycles. The van der Waals surface area contributed by atoms with Crippen LogP contribution in [0.3, 0.4) is 0 Å². The molecular weight excluding hydrogens is 316 g/mol. The van der Waals surface area contributed by atoms with Gasteiger partial charge in [0.05, 0.1) is 27.1 Å². The molecule has 0 radical (unpaired) electrons. The van der Waals surface area contributed by atoms with Gasteiger partial charge in [-0.15, -0.1) is 0 Å². The molecule has 1 aromatic rings. The number of rotatable bonds is 11. The van der Waals surface area contributed by atoms with Crippen molar-refractivity contribution in [1.82, 2.24) is 0 Å². The van der Waals surface area contributed by atoms with Gasteiger partial charge in [0.2, 0.25) is 0 Å². The van der Waals surface area contributed by atoms with Crippen LogP contribution in [0.5, 0.6) is 11.5 Å². The van der Waals surface area contributed by atoms with Crippen molar-refractivity contribution in [3.8, 4) is 11.5 Å². The zero-order chi connectivity index (χ0) is 17.3. The average molecular weight is 344 g/mol. The average Bonchev–Trinajstić information content (AvgIpc) is 2.50. The van der Waals surface area contributed by atoms with Gasteiger partial charge < -0.3 is 9.47 Å². The third-order valence-electron chi connectivity index (χ3n) is 3.72. The fourth-order valence-electron chi connectivity index (χ4n) is 2.46. The van der Waals surface area contributed by atoms with Gasteiger partial charge in [0.25, 0.3) is 10.1 Å². The molecule has 0 N–H and O–H groups in total. The monoisotopic (exact) mass is 344 g/mol. The molecule has 0 saturated heterocycles. The highest BCUT2D eigenvalue weighted by molar-refractivity contribution is 7.85. The van der Waals surface area contributed by atoms with E-state index in [4.69, 9.17) is 13.7 Å². The molecule has 6 heteroatoms. The van der Waals surface area contributed by atoms with Gasteiger partial charge in [-0.3, -0.25) is 4.18 Å². The first-order chi connectivity index (χ1) is 10.9. The Morgan fingerprint density at radius 2 is 1.43 bits per heavy atom. The highest BCUT2D eigenvalue weighted by atomic mass is 32.2. The first-order valence-electron chi connectivity index (χ1n) is 7.93. The van der Waals surface area contributed by atoms with Crippen LogP contribution >= 0.6 is 0 Å². The molecule has 0 fully saturated rings. The first-order valence-corrected chi connectivity index (χ1v) is 9.75. The summed E-state index contributed by atoms with van der Waals surface area (Å²) in [5.41, 5.74) is 2.23. The molecular formula is C17H28O5S. The molecule has 5 nitrogen and oxygen atoms in total. The molecule has 1 rings (SSSR count). The van der Waals surface area contributed by atoms with Gasteiger partial charge in [-0.2, -0.15) is 8.42 Å². The smallest absolute Gasteiger partial charge is 0.264 e. The topological polar surface area (TPSA) is 61.8 Å². The first kappa shape index (κ1) is 19.8. The summed E-state index contributed by atoms with van der Waals surface area (Å²) >= 11 is 0. The minimum Gasteiger partial charge on any atom is -0.496 e. The number of hydrogen-bond donors (Lipinski definition) is 0. The summed E-state index contributed by atoms with van der Waals surface area (Å²) in [6, 6.07) is 4.13. The van der Waals surface area contributed by atoms with Crippen molar-refractivity contribution < 1.29 is 22.1 Å². The van der Waals surface area contributed by atoms with Gasteiger partial charge in [0.15, 0.2) is 0 Å². The van der Waals surface area contributed by atoms with E-state index >= 15 is 0 Å². The van der Waals surface area contributed by atoms with Crippen LogP contribution in [-0.4, -0.2) is 35.5 Å². The Kier molecular flexibility index (Phi) is 8.41. The normalized spacial score (nSPS) is 11.5. The van der Waals surface area contributed by atoms with Crippen molar-refractivity contribution in [3.63, 3.8) is 0 Å². The van der Waals surface area contributed by atoms with E-state index in [1.807, 2.05) is 6.92 Å². The largest absolute Gasteiger partial charge is 0.496 e. The molecule has 0 spiro atoms. The molecule has 0 unspecified atom stereocenters. The van der Waals surface area contributed by atoms with E-state index in [2.05, 4.69) is 12.1 Å². The van der Waals surface area contributed by atoms with Gasteiger partial charge in [-0.05, 0) is 43.9 Å². The lowest BCUT2D eigenvalue weighted by Crippen LogP contribution is -2.03. The lowest BCUT2D eigenvalue weighted by molar-refractivity contribution is 0.309. The van der Waals surface area contributed by atoms with Crippen molar-refractivity contribution in [2.24, 2.45) is 0 Å². The fourth-order valence-corrected chi connectivity index (χ4v) is 2.88. The van der Waals surface area contributed by atoms with Crippen LogP contribution in [0.1, 0.15) is 43.2 Å². The van der Waals surface area contributed by atoms with Gasteiger partial charge >= 0.3 is 0 Å². The van der Waals surface area contributed by atoms with Crippen LogP contribution in [0.15, 0.2) is 12.1 Å². The number of benzene rings is 1. The third kappa shape index (κ3) is 7.70. The molecule has 0 saturated carbocycles. The molecule has 132 valence electrons. The summed E-state index contributed by atoms with van der Waals surface area (Å²) in [6.45, 7) is 2.27. The Bertz CT molecular complexity index is 556. The van der Waals surface area contributed by atoms with Crippen LogP contribution in [0, 0.1) is 6.92 Å². The summed E-state index contributed by atoms with van der Waals surface area (Å²) in [4.78, 5) is 0.